The van der Waals surface area contributed by atoms with Gasteiger partial charge in [0.25, 0.3) is 5.91 Å². The Bertz CT molecular complexity index is 1220. The zero-order valence-corrected chi connectivity index (χ0v) is 27.4. The van der Waals surface area contributed by atoms with Crippen molar-refractivity contribution in [2.45, 2.75) is 118 Å². The number of likely N-dealkylation sites (N-methyl/N-ethyl adjacent to an activating group) is 1. The fourth-order valence-electron chi connectivity index (χ4n) is 5.59. The number of nitrogens with zero attached hydrogens (tertiary/aromatic N) is 1. The normalized spacial score (nSPS) is 12.7. The highest BCUT2D eigenvalue weighted by Crippen LogP contribution is 2.41. The largest absolute Gasteiger partial charge is 0.480 e. The molecule has 0 aliphatic carbocycles. The SMILES string of the molecule is CC.CCC(CC)(c1ccc(C(=O)C(C)C(O)(CC)CC)c(C)c1)c1ccc(C(=O)N(C)C(C)(C)C(=O)O)c(C)c1. The molecule has 6 heteroatoms. The Morgan fingerprint density at radius 1 is 0.805 bits per heavy atom. The molecule has 2 rings (SSSR count). The van der Waals surface area contributed by atoms with Crippen LogP contribution in [0.1, 0.15) is 131 Å². The molecule has 0 saturated carbocycles. The molecule has 228 valence electrons. The first kappa shape index (κ1) is 36.0. The van der Waals surface area contributed by atoms with Gasteiger partial charge in [-0.15, -0.1) is 0 Å². The van der Waals surface area contributed by atoms with E-state index in [1.807, 2.05) is 72.7 Å². The number of amides is 1. The van der Waals surface area contributed by atoms with Gasteiger partial charge in [0, 0.05) is 29.5 Å². The highest BCUT2D eigenvalue weighted by molar-refractivity contribution is 6.00. The minimum Gasteiger partial charge on any atom is -0.480 e. The van der Waals surface area contributed by atoms with Crippen LogP contribution >= 0.6 is 0 Å². The van der Waals surface area contributed by atoms with Crippen molar-refractivity contribution in [1.82, 2.24) is 4.90 Å². The first-order chi connectivity index (χ1) is 19.1. The first-order valence-electron chi connectivity index (χ1n) is 15.1. The summed E-state index contributed by atoms with van der Waals surface area (Å²) < 4.78 is 0. The van der Waals surface area contributed by atoms with E-state index in [-0.39, 0.29) is 17.1 Å². The van der Waals surface area contributed by atoms with Crippen molar-refractivity contribution in [2.24, 2.45) is 5.92 Å². The second kappa shape index (κ2) is 14.3. The summed E-state index contributed by atoms with van der Waals surface area (Å²) in [6.07, 6.45) is 2.67. The van der Waals surface area contributed by atoms with E-state index in [1.165, 1.54) is 25.8 Å². The second-order valence-electron chi connectivity index (χ2n) is 11.5. The van der Waals surface area contributed by atoms with E-state index in [1.54, 1.807) is 6.07 Å². The maximum Gasteiger partial charge on any atom is 0.329 e. The van der Waals surface area contributed by atoms with E-state index >= 15 is 0 Å². The maximum absolute atomic E-state index is 13.4. The number of carboxylic acid groups (broad SMARTS) is 1. The number of benzene rings is 2. The van der Waals surface area contributed by atoms with Gasteiger partial charge < -0.3 is 15.1 Å². The Hall–Kier alpha value is -2.99. The number of rotatable bonds is 12. The third-order valence-electron chi connectivity index (χ3n) is 9.35. The van der Waals surface area contributed by atoms with E-state index in [2.05, 4.69) is 19.9 Å². The van der Waals surface area contributed by atoms with Crippen LogP contribution in [0, 0.1) is 19.8 Å². The quantitative estimate of drug-likeness (QED) is 0.256. The van der Waals surface area contributed by atoms with Gasteiger partial charge in [-0.05, 0) is 81.7 Å². The number of carbonyl (C=O) groups is 3. The van der Waals surface area contributed by atoms with E-state index in [4.69, 9.17) is 0 Å². The van der Waals surface area contributed by atoms with Crippen molar-refractivity contribution < 1.29 is 24.6 Å². The van der Waals surface area contributed by atoms with Crippen LogP contribution in [0.2, 0.25) is 0 Å². The molecule has 0 aliphatic rings. The monoisotopic (exact) mass is 567 g/mol. The highest BCUT2D eigenvalue weighted by atomic mass is 16.4. The first-order valence-corrected chi connectivity index (χ1v) is 15.1. The van der Waals surface area contributed by atoms with Crippen molar-refractivity contribution in [2.75, 3.05) is 7.05 Å². The second-order valence-corrected chi connectivity index (χ2v) is 11.5. The molecule has 0 radical (unpaired) electrons. The molecule has 0 bridgehead atoms. The van der Waals surface area contributed by atoms with Crippen molar-refractivity contribution in [3.8, 4) is 0 Å². The van der Waals surface area contributed by atoms with E-state index in [0.29, 0.717) is 24.0 Å². The van der Waals surface area contributed by atoms with Crippen molar-refractivity contribution in [1.29, 1.82) is 0 Å². The summed E-state index contributed by atoms with van der Waals surface area (Å²) in [6, 6.07) is 11.8. The van der Waals surface area contributed by atoms with Gasteiger partial charge >= 0.3 is 5.97 Å². The van der Waals surface area contributed by atoms with Crippen molar-refractivity contribution >= 4 is 17.7 Å². The van der Waals surface area contributed by atoms with Gasteiger partial charge in [-0.1, -0.05) is 78.8 Å². The Balaban J connectivity index is 0.00000411. The molecular weight excluding hydrogens is 514 g/mol. The molecular formula is C35H53NO5. The third-order valence-corrected chi connectivity index (χ3v) is 9.35. The summed E-state index contributed by atoms with van der Waals surface area (Å²) in [6.45, 7) is 20.8. The molecule has 2 aromatic carbocycles. The average molecular weight is 568 g/mol. The molecule has 2 aromatic rings. The number of aryl methyl sites for hydroxylation is 2. The Labute approximate surface area is 248 Å². The lowest BCUT2D eigenvalue weighted by atomic mass is 9.69. The topological polar surface area (TPSA) is 94.9 Å². The lowest BCUT2D eigenvalue weighted by Gasteiger charge is -2.35. The van der Waals surface area contributed by atoms with Gasteiger partial charge in [-0.25, -0.2) is 4.79 Å². The van der Waals surface area contributed by atoms with Crippen LogP contribution in [0.3, 0.4) is 0 Å². The minimum absolute atomic E-state index is 0.0454. The summed E-state index contributed by atoms with van der Waals surface area (Å²) in [5.41, 5.74) is 2.25. The summed E-state index contributed by atoms with van der Waals surface area (Å²) in [4.78, 5) is 39.5. The lowest BCUT2D eigenvalue weighted by Crippen LogP contribution is -2.50. The number of hydrogen-bond donors (Lipinski definition) is 2. The number of carbonyl (C=O) groups excluding carboxylic acids is 2. The van der Waals surface area contributed by atoms with E-state index in [0.717, 1.165) is 35.1 Å². The van der Waals surface area contributed by atoms with Gasteiger partial charge in [0.15, 0.2) is 5.78 Å². The Kier molecular flexibility index (Phi) is 12.5. The van der Waals surface area contributed by atoms with E-state index in [9.17, 15) is 24.6 Å². The van der Waals surface area contributed by atoms with Crippen LogP contribution in [0.5, 0.6) is 0 Å². The van der Waals surface area contributed by atoms with Crippen LogP contribution in [-0.4, -0.2) is 51.0 Å². The molecule has 1 unspecified atom stereocenters. The van der Waals surface area contributed by atoms with E-state index < -0.39 is 23.0 Å². The molecule has 0 spiro atoms. The predicted molar refractivity (Wildman–Crippen MR) is 168 cm³/mol. The van der Waals surface area contributed by atoms with Crippen LogP contribution in [0.15, 0.2) is 36.4 Å². The molecule has 0 saturated heterocycles. The molecule has 41 heavy (non-hydrogen) atoms. The Morgan fingerprint density at radius 2 is 1.22 bits per heavy atom. The molecule has 1 atom stereocenters. The molecule has 1 amide bonds. The minimum atomic E-state index is -1.34. The van der Waals surface area contributed by atoms with Crippen LogP contribution in [0.25, 0.3) is 0 Å². The van der Waals surface area contributed by atoms with Gasteiger partial charge in [0.2, 0.25) is 0 Å². The number of aliphatic carboxylic acids is 1. The fraction of sp³-hybridized carbons (Fsp3) is 0.571. The molecule has 2 N–H and O–H groups in total. The van der Waals surface area contributed by atoms with Crippen LogP contribution in [-0.2, 0) is 10.2 Å². The molecule has 0 fully saturated rings. The molecule has 0 aliphatic heterocycles. The zero-order valence-electron chi connectivity index (χ0n) is 27.4. The molecule has 0 heterocycles. The number of Topliss-reactive ketones (excluding diaryl/α,β-unsaturated/α-hetero) is 1. The highest BCUT2D eigenvalue weighted by Gasteiger charge is 2.38. The smallest absolute Gasteiger partial charge is 0.329 e. The summed E-state index contributed by atoms with van der Waals surface area (Å²) >= 11 is 0. The Morgan fingerprint density at radius 3 is 1.56 bits per heavy atom. The lowest BCUT2D eigenvalue weighted by molar-refractivity contribution is -0.147. The molecule has 0 aromatic heterocycles. The van der Waals surface area contributed by atoms with Gasteiger partial charge in [0.05, 0.1) is 5.60 Å². The summed E-state index contributed by atoms with van der Waals surface area (Å²) in [7, 11) is 1.51. The molecule has 6 nitrogen and oxygen atoms in total. The summed E-state index contributed by atoms with van der Waals surface area (Å²) in [5, 5.41) is 20.5. The van der Waals surface area contributed by atoms with Crippen LogP contribution in [0.4, 0.5) is 0 Å². The average Bonchev–Trinajstić information content (AvgIpc) is 2.97. The predicted octanol–water partition coefficient (Wildman–Crippen LogP) is 7.74. The van der Waals surface area contributed by atoms with Gasteiger partial charge in [-0.3, -0.25) is 9.59 Å². The van der Waals surface area contributed by atoms with Crippen molar-refractivity contribution in [3.63, 3.8) is 0 Å². The summed E-state index contributed by atoms with van der Waals surface area (Å²) in [5.74, 6) is -1.95. The number of hydrogen-bond acceptors (Lipinski definition) is 4. The van der Waals surface area contributed by atoms with Crippen LogP contribution < -0.4 is 0 Å². The van der Waals surface area contributed by atoms with Crippen molar-refractivity contribution in [3.05, 3.63) is 69.8 Å². The van der Waals surface area contributed by atoms with Gasteiger partial charge in [-0.2, -0.15) is 0 Å². The maximum atomic E-state index is 13.4. The fourth-order valence-corrected chi connectivity index (χ4v) is 5.59. The number of carboxylic acids is 1. The number of ketones is 1. The zero-order chi connectivity index (χ0) is 31.9. The standard InChI is InChI=1S/C33H47NO5.C2H6/c1-11-32(12-2,24-15-17-26(21(5)19-24)28(35)23(7)33(39,13-3)14-4)25-16-18-27(22(6)20-25)29(36)34(10)31(8,9)30(37)38;1-2/h15-20,23,39H,11-14H2,1-10H3,(H,37,38);1-2H3. The third kappa shape index (κ3) is 6.91. The van der Waals surface area contributed by atoms with Gasteiger partial charge in [0.1, 0.15) is 5.54 Å². The number of aliphatic hydroxyl groups is 1.